The van der Waals surface area contributed by atoms with Gasteiger partial charge in [0, 0.05) is 18.9 Å². The van der Waals surface area contributed by atoms with E-state index in [-0.39, 0.29) is 0 Å². The number of nitrogens with one attached hydrogen (secondary N) is 1. The maximum Gasteiger partial charge on any atom is 0.223 e. The third kappa shape index (κ3) is 4.03. The first-order valence-corrected chi connectivity index (χ1v) is 7.41. The van der Waals surface area contributed by atoms with E-state index in [1.165, 1.54) is 17.3 Å². The summed E-state index contributed by atoms with van der Waals surface area (Å²) in [5.41, 5.74) is 1.20. The minimum atomic E-state index is 0.625. The van der Waals surface area contributed by atoms with Gasteiger partial charge in [-0.1, -0.05) is 36.4 Å². The van der Waals surface area contributed by atoms with E-state index in [1.807, 2.05) is 42.5 Å². The molecule has 1 N–H and O–H groups in total. The lowest BCUT2D eigenvalue weighted by Gasteiger charge is -2.06. The summed E-state index contributed by atoms with van der Waals surface area (Å²) < 4.78 is 0. The fourth-order valence-electron chi connectivity index (χ4n) is 1.78. The summed E-state index contributed by atoms with van der Waals surface area (Å²) in [4.78, 5) is 13.0. The molecule has 2 aromatic heterocycles. The van der Waals surface area contributed by atoms with Crippen LogP contribution in [0.2, 0.25) is 0 Å². The van der Waals surface area contributed by atoms with Gasteiger partial charge in [-0.05, 0) is 35.5 Å². The first kappa shape index (κ1) is 13.6. The molecule has 4 nitrogen and oxygen atoms in total. The molecule has 0 bridgehead atoms. The van der Waals surface area contributed by atoms with Crippen molar-refractivity contribution in [1.29, 1.82) is 0 Å². The molecule has 0 aliphatic heterocycles. The molecule has 0 radical (unpaired) electrons. The molecule has 0 spiro atoms. The Morgan fingerprint density at radius 1 is 0.810 bits per heavy atom. The molecule has 3 aromatic rings. The molecule has 3 rings (SSSR count). The first-order chi connectivity index (χ1) is 10.4. The van der Waals surface area contributed by atoms with Crippen LogP contribution in [0, 0.1) is 0 Å². The highest BCUT2D eigenvalue weighted by Crippen LogP contribution is 2.23. The van der Waals surface area contributed by atoms with Crippen LogP contribution >= 0.6 is 11.8 Å². The molecular formula is C16H14N4S. The normalized spacial score (nSPS) is 10.3. The molecule has 0 unspecified atom stereocenters. The molecule has 21 heavy (non-hydrogen) atoms. The molecule has 0 amide bonds. The number of nitrogens with zero attached hydrogens (tertiary/aromatic N) is 3. The SMILES string of the molecule is c1ccc(CNc2nccc(Sc3ccccn3)n2)cc1. The molecule has 0 aliphatic rings. The lowest BCUT2D eigenvalue weighted by molar-refractivity contribution is 0.994. The van der Waals surface area contributed by atoms with Gasteiger partial charge in [-0.2, -0.15) is 0 Å². The van der Waals surface area contributed by atoms with Crippen molar-refractivity contribution in [2.45, 2.75) is 16.6 Å². The average Bonchev–Trinajstić information content (AvgIpc) is 2.55. The number of hydrogen-bond acceptors (Lipinski definition) is 5. The van der Waals surface area contributed by atoms with Gasteiger partial charge in [0.2, 0.25) is 5.95 Å². The third-order valence-corrected chi connectivity index (χ3v) is 3.66. The molecule has 5 heteroatoms. The summed E-state index contributed by atoms with van der Waals surface area (Å²) >= 11 is 1.52. The second-order valence-electron chi connectivity index (χ2n) is 4.33. The fourth-order valence-corrected chi connectivity index (χ4v) is 2.51. The Hall–Kier alpha value is -2.40. The maximum absolute atomic E-state index is 4.48. The molecule has 2 heterocycles. The van der Waals surface area contributed by atoms with Gasteiger partial charge in [-0.3, -0.25) is 0 Å². The number of aromatic nitrogens is 3. The van der Waals surface area contributed by atoms with E-state index in [0.717, 1.165) is 10.1 Å². The van der Waals surface area contributed by atoms with E-state index in [4.69, 9.17) is 0 Å². The largest absolute Gasteiger partial charge is 0.350 e. The van der Waals surface area contributed by atoms with Crippen LogP contribution in [0.1, 0.15) is 5.56 Å². The van der Waals surface area contributed by atoms with E-state index in [2.05, 4.69) is 32.4 Å². The van der Waals surface area contributed by atoms with Crippen molar-refractivity contribution in [3.8, 4) is 0 Å². The monoisotopic (exact) mass is 294 g/mol. The van der Waals surface area contributed by atoms with Crippen molar-refractivity contribution in [3.63, 3.8) is 0 Å². The Morgan fingerprint density at radius 2 is 1.67 bits per heavy atom. The number of rotatable bonds is 5. The molecule has 0 atom stereocenters. The summed E-state index contributed by atoms with van der Waals surface area (Å²) in [6.07, 6.45) is 3.53. The number of pyridine rings is 1. The molecule has 0 saturated heterocycles. The van der Waals surface area contributed by atoms with Crippen LogP contribution in [-0.4, -0.2) is 15.0 Å². The quantitative estimate of drug-likeness (QED) is 0.728. The van der Waals surface area contributed by atoms with Gasteiger partial charge in [0.05, 0.1) is 0 Å². The van der Waals surface area contributed by atoms with Crippen molar-refractivity contribution in [3.05, 3.63) is 72.6 Å². The minimum absolute atomic E-state index is 0.625. The smallest absolute Gasteiger partial charge is 0.223 e. The predicted octanol–water partition coefficient (Wildman–Crippen LogP) is 3.63. The fraction of sp³-hybridized carbons (Fsp3) is 0.0625. The summed E-state index contributed by atoms with van der Waals surface area (Å²) in [6, 6.07) is 17.9. The second kappa shape index (κ2) is 6.85. The molecule has 1 aromatic carbocycles. The van der Waals surface area contributed by atoms with Crippen molar-refractivity contribution < 1.29 is 0 Å². The highest BCUT2D eigenvalue weighted by Gasteiger charge is 2.02. The van der Waals surface area contributed by atoms with E-state index < -0.39 is 0 Å². The lowest BCUT2D eigenvalue weighted by atomic mass is 10.2. The Morgan fingerprint density at radius 3 is 2.48 bits per heavy atom. The van der Waals surface area contributed by atoms with Crippen LogP contribution < -0.4 is 5.32 Å². The minimum Gasteiger partial charge on any atom is -0.350 e. The van der Waals surface area contributed by atoms with Gasteiger partial charge >= 0.3 is 0 Å². The Labute approximate surface area is 127 Å². The lowest BCUT2D eigenvalue weighted by Crippen LogP contribution is -2.03. The third-order valence-electron chi connectivity index (χ3n) is 2.77. The van der Waals surface area contributed by atoms with E-state index >= 15 is 0 Å². The van der Waals surface area contributed by atoms with Crippen LogP contribution in [0.3, 0.4) is 0 Å². The summed E-state index contributed by atoms with van der Waals surface area (Å²) in [6.45, 7) is 0.707. The van der Waals surface area contributed by atoms with Crippen LogP contribution in [0.25, 0.3) is 0 Å². The topological polar surface area (TPSA) is 50.7 Å². The molecule has 104 valence electrons. The van der Waals surface area contributed by atoms with Gasteiger partial charge in [0.15, 0.2) is 0 Å². The zero-order valence-electron chi connectivity index (χ0n) is 11.3. The number of benzene rings is 1. The number of anilines is 1. The Kier molecular flexibility index (Phi) is 4.43. The van der Waals surface area contributed by atoms with Crippen LogP contribution in [0.4, 0.5) is 5.95 Å². The molecular weight excluding hydrogens is 280 g/mol. The van der Waals surface area contributed by atoms with E-state index in [1.54, 1.807) is 12.4 Å². The highest BCUT2D eigenvalue weighted by atomic mass is 32.2. The summed E-state index contributed by atoms with van der Waals surface area (Å²) in [5, 5.41) is 5.03. The predicted molar refractivity (Wildman–Crippen MR) is 84.2 cm³/mol. The summed E-state index contributed by atoms with van der Waals surface area (Å²) in [5.74, 6) is 0.625. The van der Waals surface area contributed by atoms with Gasteiger partial charge < -0.3 is 5.32 Å². The second-order valence-corrected chi connectivity index (χ2v) is 5.37. The van der Waals surface area contributed by atoms with E-state index in [9.17, 15) is 0 Å². The van der Waals surface area contributed by atoms with Gasteiger partial charge in [-0.25, -0.2) is 15.0 Å². The van der Waals surface area contributed by atoms with Gasteiger partial charge in [0.25, 0.3) is 0 Å². The van der Waals surface area contributed by atoms with Gasteiger partial charge in [-0.15, -0.1) is 0 Å². The van der Waals surface area contributed by atoms with Crippen molar-refractivity contribution >= 4 is 17.7 Å². The van der Waals surface area contributed by atoms with Crippen LogP contribution in [0.15, 0.2) is 77.0 Å². The molecule has 0 aliphatic carbocycles. The molecule has 0 fully saturated rings. The van der Waals surface area contributed by atoms with Gasteiger partial charge in [0.1, 0.15) is 10.1 Å². The van der Waals surface area contributed by atoms with Crippen molar-refractivity contribution in [2.24, 2.45) is 0 Å². The maximum atomic E-state index is 4.48. The molecule has 0 saturated carbocycles. The average molecular weight is 294 g/mol. The zero-order chi connectivity index (χ0) is 14.3. The Bertz CT molecular complexity index is 689. The van der Waals surface area contributed by atoms with Crippen molar-refractivity contribution in [1.82, 2.24) is 15.0 Å². The number of hydrogen-bond donors (Lipinski definition) is 1. The Balaban J connectivity index is 1.66. The van der Waals surface area contributed by atoms with E-state index in [0.29, 0.717) is 12.5 Å². The first-order valence-electron chi connectivity index (χ1n) is 6.60. The zero-order valence-corrected chi connectivity index (χ0v) is 12.1. The summed E-state index contributed by atoms with van der Waals surface area (Å²) in [7, 11) is 0. The highest BCUT2D eigenvalue weighted by molar-refractivity contribution is 7.99. The van der Waals surface area contributed by atoms with Crippen LogP contribution in [0.5, 0.6) is 0 Å². The van der Waals surface area contributed by atoms with Crippen molar-refractivity contribution in [2.75, 3.05) is 5.32 Å². The van der Waals surface area contributed by atoms with Crippen LogP contribution in [-0.2, 0) is 6.54 Å². The standard InChI is InChI=1S/C16H14N4S/c1-2-6-13(7-3-1)12-19-16-18-11-9-15(20-16)21-14-8-4-5-10-17-14/h1-11H,12H2,(H,18,19,20).